The molecule has 0 aliphatic heterocycles. The van der Waals surface area contributed by atoms with Gasteiger partial charge in [-0.2, -0.15) is 0 Å². The van der Waals surface area contributed by atoms with Crippen molar-refractivity contribution in [3.8, 4) is 0 Å². The number of aromatic nitrogens is 5. The Hall–Kier alpha value is -3.39. The van der Waals surface area contributed by atoms with E-state index in [1.807, 2.05) is 16.8 Å². The molecule has 8 heteroatoms. The third-order valence-corrected chi connectivity index (χ3v) is 7.82. The zero-order valence-corrected chi connectivity index (χ0v) is 21.9. The van der Waals surface area contributed by atoms with Crippen molar-refractivity contribution >= 4 is 10.9 Å². The molecule has 1 aliphatic rings. The van der Waals surface area contributed by atoms with Gasteiger partial charge in [-0.15, -0.1) is 5.10 Å². The Morgan fingerprint density at radius 1 is 1.08 bits per heavy atom. The summed E-state index contributed by atoms with van der Waals surface area (Å²) in [6.07, 6.45) is 6.62. The number of aryl methyl sites for hydroxylation is 2. The maximum Gasteiger partial charge on any atom is 0.252 e. The van der Waals surface area contributed by atoms with Crippen LogP contribution in [0.3, 0.4) is 0 Å². The van der Waals surface area contributed by atoms with Crippen molar-refractivity contribution in [1.29, 1.82) is 0 Å². The Bertz CT molecular complexity index is 1420. The molecular weight excluding hydrogens is 467 g/mol. The first-order valence-corrected chi connectivity index (χ1v) is 13.3. The highest BCUT2D eigenvalue weighted by Crippen LogP contribution is 2.33. The number of H-pyrrole nitrogens is 1. The van der Waals surface area contributed by atoms with Crippen LogP contribution in [0.25, 0.3) is 10.9 Å². The van der Waals surface area contributed by atoms with Crippen LogP contribution in [0.1, 0.15) is 79.6 Å². The van der Waals surface area contributed by atoms with Crippen LogP contribution in [-0.2, 0) is 13.1 Å². The third kappa shape index (κ3) is 5.49. The van der Waals surface area contributed by atoms with Gasteiger partial charge in [0.05, 0.1) is 12.6 Å². The fourth-order valence-electron chi connectivity index (χ4n) is 5.63. The molecule has 0 spiro atoms. The quantitative estimate of drug-likeness (QED) is 0.339. The first-order valence-electron chi connectivity index (χ1n) is 13.3. The lowest BCUT2D eigenvalue weighted by Gasteiger charge is -2.39. The van der Waals surface area contributed by atoms with Gasteiger partial charge < -0.3 is 4.98 Å². The number of nitrogens with zero attached hydrogens (tertiary/aromatic N) is 5. The standard InChI is InChI=1S/C29H35FN6O/c1-4-27(28-32-33-34-36(28)17-21-10-12-24(30)13-11-21)35(25-8-6-5-7-9-25)18-23-16-22-14-19(2)20(3)15-26(22)31-29(23)37/h10-16,25,27H,4-9,17-18H2,1-3H3,(H,31,37). The Balaban J connectivity index is 1.50. The van der Waals surface area contributed by atoms with E-state index in [1.54, 1.807) is 12.1 Å². The topological polar surface area (TPSA) is 79.7 Å². The lowest BCUT2D eigenvalue weighted by atomic mass is 9.92. The zero-order valence-electron chi connectivity index (χ0n) is 21.9. The molecule has 0 saturated heterocycles. The van der Waals surface area contributed by atoms with Gasteiger partial charge in [0.1, 0.15) is 5.82 Å². The number of nitrogens with one attached hydrogen (secondary N) is 1. The molecule has 0 amide bonds. The van der Waals surface area contributed by atoms with Gasteiger partial charge in [0.25, 0.3) is 5.56 Å². The Morgan fingerprint density at radius 2 is 1.81 bits per heavy atom. The summed E-state index contributed by atoms with van der Waals surface area (Å²) in [5, 5.41) is 13.8. The molecule has 2 aromatic heterocycles. The molecule has 1 fully saturated rings. The van der Waals surface area contributed by atoms with Gasteiger partial charge in [-0.1, -0.05) is 38.3 Å². The van der Waals surface area contributed by atoms with E-state index in [1.165, 1.54) is 42.5 Å². The van der Waals surface area contributed by atoms with Crippen LogP contribution in [0, 0.1) is 19.7 Å². The van der Waals surface area contributed by atoms with E-state index in [9.17, 15) is 9.18 Å². The molecule has 2 aromatic carbocycles. The van der Waals surface area contributed by atoms with Crippen molar-refractivity contribution in [3.05, 3.63) is 86.7 Å². The molecule has 1 aliphatic carbocycles. The lowest BCUT2D eigenvalue weighted by molar-refractivity contribution is 0.0844. The van der Waals surface area contributed by atoms with Crippen LogP contribution >= 0.6 is 0 Å². The molecular formula is C29H35FN6O. The lowest BCUT2D eigenvalue weighted by Crippen LogP contribution is -2.41. The summed E-state index contributed by atoms with van der Waals surface area (Å²) in [6, 6.07) is 13.0. The Morgan fingerprint density at radius 3 is 2.54 bits per heavy atom. The van der Waals surface area contributed by atoms with Gasteiger partial charge in [0.15, 0.2) is 5.82 Å². The smallest absolute Gasteiger partial charge is 0.252 e. The fraction of sp³-hybridized carbons (Fsp3) is 0.448. The molecule has 4 aromatic rings. The normalized spacial score (nSPS) is 15.5. The minimum Gasteiger partial charge on any atom is -0.322 e. The summed E-state index contributed by atoms with van der Waals surface area (Å²) in [5.74, 6) is 0.516. The summed E-state index contributed by atoms with van der Waals surface area (Å²) in [4.78, 5) is 18.8. The molecule has 37 heavy (non-hydrogen) atoms. The van der Waals surface area contributed by atoms with Crippen LogP contribution < -0.4 is 5.56 Å². The number of aromatic amines is 1. The molecule has 1 saturated carbocycles. The second-order valence-corrected chi connectivity index (χ2v) is 10.4. The van der Waals surface area contributed by atoms with Gasteiger partial charge >= 0.3 is 0 Å². The molecule has 5 rings (SSSR count). The van der Waals surface area contributed by atoms with Crippen LogP contribution in [-0.4, -0.2) is 36.1 Å². The number of benzene rings is 2. The van der Waals surface area contributed by atoms with E-state index in [4.69, 9.17) is 0 Å². The highest BCUT2D eigenvalue weighted by molar-refractivity contribution is 5.80. The second-order valence-electron chi connectivity index (χ2n) is 10.4. The molecule has 1 atom stereocenters. The van der Waals surface area contributed by atoms with E-state index in [0.29, 0.717) is 19.1 Å². The van der Waals surface area contributed by atoms with Crippen molar-refractivity contribution in [3.63, 3.8) is 0 Å². The maximum atomic E-state index is 13.4. The SMILES string of the molecule is CCC(c1nnnn1Cc1ccc(F)cc1)N(Cc1cc2cc(C)c(C)cc2[nH]c1=O)C1CCCCC1. The second kappa shape index (κ2) is 10.9. The fourth-order valence-corrected chi connectivity index (χ4v) is 5.63. The first-order chi connectivity index (χ1) is 17.9. The van der Waals surface area contributed by atoms with Gasteiger partial charge in [-0.3, -0.25) is 9.69 Å². The van der Waals surface area contributed by atoms with Crippen molar-refractivity contribution in [2.45, 2.75) is 84.5 Å². The van der Waals surface area contributed by atoms with Crippen molar-refractivity contribution in [2.24, 2.45) is 0 Å². The van der Waals surface area contributed by atoms with E-state index in [2.05, 4.69) is 52.2 Å². The predicted octanol–water partition coefficient (Wildman–Crippen LogP) is 5.60. The van der Waals surface area contributed by atoms with Crippen LogP contribution in [0.4, 0.5) is 4.39 Å². The molecule has 194 valence electrons. The average molecular weight is 503 g/mol. The van der Waals surface area contributed by atoms with Gasteiger partial charge in [0.2, 0.25) is 0 Å². The highest BCUT2D eigenvalue weighted by atomic mass is 19.1. The Kier molecular flexibility index (Phi) is 7.46. The van der Waals surface area contributed by atoms with Crippen LogP contribution in [0.2, 0.25) is 0 Å². The number of tetrazole rings is 1. The minimum atomic E-state index is -0.262. The summed E-state index contributed by atoms with van der Waals surface area (Å²) in [5.41, 5.74) is 4.90. The summed E-state index contributed by atoms with van der Waals surface area (Å²) in [6.45, 7) is 7.31. The third-order valence-electron chi connectivity index (χ3n) is 7.82. The van der Waals surface area contributed by atoms with Gasteiger partial charge in [-0.05, 0) is 95.9 Å². The summed E-state index contributed by atoms with van der Waals surface area (Å²) >= 11 is 0. The molecule has 1 unspecified atom stereocenters. The molecule has 0 bridgehead atoms. The van der Waals surface area contributed by atoms with E-state index in [-0.39, 0.29) is 17.4 Å². The Labute approximate surface area is 216 Å². The monoisotopic (exact) mass is 502 g/mol. The largest absolute Gasteiger partial charge is 0.322 e. The minimum absolute atomic E-state index is 0.0441. The number of hydrogen-bond donors (Lipinski definition) is 1. The van der Waals surface area contributed by atoms with Crippen molar-refractivity contribution in [2.75, 3.05) is 0 Å². The number of halogens is 1. The number of rotatable bonds is 8. The van der Waals surface area contributed by atoms with E-state index in [0.717, 1.165) is 47.1 Å². The summed E-state index contributed by atoms with van der Waals surface area (Å²) < 4.78 is 15.2. The van der Waals surface area contributed by atoms with Crippen LogP contribution in [0.15, 0.2) is 47.3 Å². The first kappa shape index (κ1) is 25.3. The molecule has 7 nitrogen and oxygen atoms in total. The zero-order chi connectivity index (χ0) is 25.9. The maximum absolute atomic E-state index is 13.4. The van der Waals surface area contributed by atoms with Crippen molar-refractivity contribution < 1.29 is 4.39 Å². The van der Waals surface area contributed by atoms with E-state index >= 15 is 0 Å². The van der Waals surface area contributed by atoms with E-state index < -0.39 is 0 Å². The number of hydrogen-bond acceptors (Lipinski definition) is 5. The molecule has 1 N–H and O–H groups in total. The number of pyridine rings is 1. The molecule has 0 radical (unpaired) electrons. The van der Waals surface area contributed by atoms with Crippen molar-refractivity contribution in [1.82, 2.24) is 30.1 Å². The predicted molar refractivity (Wildman–Crippen MR) is 143 cm³/mol. The van der Waals surface area contributed by atoms with Gasteiger partial charge in [0, 0.05) is 23.7 Å². The molecule has 2 heterocycles. The van der Waals surface area contributed by atoms with Crippen LogP contribution in [0.5, 0.6) is 0 Å². The highest BCUT2D eigenvalue weighted by Gasteiger charge is 2.32. The summed E-state index contributed by atoms with van der Waals surface area (Å²) in [7, 11) is 0. The van der Waals surface area contributed by atoms with Gasteiger partial charge in [-0.25, -0.2) is 9.07 Å². The average Bonchev–Trinajstić information content (AvgIpc) is 3.35. The number of fused-ring (bicyclic) bond motifs is 1.